The van der Waals surface area contributed by atoms with Gasteiger partial charge in [-0.05, 0) is 66.7 Å². The first-order valence-corrected chi connectivity index (χ1v) is 18.8. The molecule has 0 radical (unpaired) electrons. The fourth-order valence-electron chi connectivity index (χ4n) is 8.33. The van der Waals surface area contributed by atoms with E-state index in [2.05, 4.69) is 36.1 Å². The third kappa shape index (κ3) is 7.42. The molecule has 4 fully saturated rings. The lowest BCUT2D eigenvalue weighted by atomic mass is 9.45. The fraction of sp³-hybridized carbons (Fsp3) is 0.600. The molecule has 8 atom stereocenters. The number of hydrogen-bond donors (Lipinski definition) is 4. The van der Waals surface area contributed by atoms with Crippen molar-refractivity contribution in [2.24, 2.45) is 34.2 Å². The monoisotopic (exact) mass is 712 g/mol. The van der Waals surface area contributed by atoms with Gasteiger partial charge >= 0.3 is 0 Å². The molecule has 272 valence electrons. The molecule has 2 bridgehead atoms. The summed E-state index contributed by atoms with van der Waals surface area (Å²) in [5.41, 5.74) is 10.2. The fourth-order valence-corrected chi connectivity index (χ4v) is 8.79. The summed E-state index contributed by atoms with van der Waals surface area (Å²) in [4.78, 5) is 38.5. The van der Waals surface area contributed by atoms with Gasteiger partial charge in [-0.25, -0.2) is 13.1 Å². The summed E-state index contributed by atoms with van der Waals surface area (Å²) < 4.78 is 31.7. The highest BCUT2D eigenvalue weighted by atomic mass is 32.2. The maximum atomic E-state index is 14.3. The molecule has 0 aromatic heterocycles. The quantitative estimate of drug-likeness (QED) is 0.189. The Hall–Kier alpha value is -3.88. The molecule has 3 saturated carbocycles. The zero-order chi connectivity index (χ0) is 36.7. The van der Waals surface area contributed by atoms with Crippen LogP contribution in [-0.2, 0) is 26.2 Å². The lowest BCUT2D eigenvalue weighted by molar-refractivity contribution is -0.176. The molecule has 1 heterocycles. The Balaban J connectivity index is 1.50. The van der Waals surface area contributed by atoms with Crippen LogP contribution in [-0.4, -0.2) is 88.7 Å². The second-order valence-corrected chi connectivity index (χ2v) is 16.6. The highest BCUT2D eigenvalue weighted by molar-refractivity contribution is 7.89. The number of benzene rings is 2. The third-order valence-corrected chi connectivity index (χ3v) is 11.7. The number of aliphatic hydroxyl groups excluding tert-OH is 1. The first-order valence-electron chi connectivity index (χ1n) is 16.9. The van der Waals surface area contributed by atoms with Gasteiger partial charge in [-0.2, -0.15) is 5.06 Å². The van der Waals surface area contributed by atoms with E-state index in [9.17, 15) is 23.1 Å². The molecule has 0 spiro atoms. The Labute approximate surface area is 294 Å². The van der Waals surface area contributed by atoms with Crippen LogP contribution in [0.4, 0.5) is 5.69 Å². The van der Waals surface area contributed by atoms with Gasteiger partial charge in [-0.15, -0.1) is 0 Å². The van der Waals surface area contributed by atoms with Crippen LogP contribution in [0.3, 0.4) is 0 Å². The number of anilines is 1. The van der Waals surface area contributed by atoms with Gasteiger partial charge in [0.25, 0.3) is 5.91 Å². The van der Waals surface area contributed by atoms with Gasteiger partial charge in [0.05, 0.1) is 26.0 Å². The van der Waals surface area contributed by atoms with Gasteiger partial charge in [0.1, 0.15) is 28.5 Å². The number of ether oxygens (including phenoxy) is 1. The molecule has 2 aromatic carbocycles. The second-order valence-electron chi connectivity index (χ2n) is 14.8. The lowest BCUT2D eigenvalue weighted by Gasteiger charge is -2.62. The van der Waals surface area contributed by atoms with Crippen LogP contribution in [0.1, 0.15) is 56.5 Å². The van der Waals surface area contributed by atoms with Crippen molar-refractivity contribution in [1.82, 2.24) is 20.0 Å². The highest BCUT2D eigenvalue weighted by Crippen LogP contribution is 2.61. The molecule has 15 heteroatoms. The first-order chi connectivity index (χ1) is 23.5. The van der Waals surface area contributed by atoms with Crippen molar-refractivity contribution in [3.8, 4) is 16.9 Å². The smallest absolute Gasteiger partial charge is 0.264 e. The van der Waals surface area contributed by atoms with Gasteiger partial charge in [0, 0.05) is 48.4 Å². The number of fused-ring (bicyclic) bond motifs is 2. The molecule has 14 nitrogen and oxygen atoms in total. The summed E-state index contributed by atoms with van der Waals surface area (Å²) in [5.74, 6) is 0.160. The minimum absolute atomic E-state index is 0.00122. The highest BCUT2D eigenvalue weighted by Gasteiger charge is 2.57. The van der Waals surface area contributed by atoms with E-state index in [0.29, 0.717) is 45.9 Å². The standard InChI is InChI=1S/C35H49N7O7S/c1-19-27-15-24(35(27,3)4)16-28(19)38-34(45)31-30(20(2)43)29(17-37-40-36)49-42(31)18-21-10-9-11-26(32(21)48-7)22-12-23(14-25(13-22)41(5)6)33(44)39-50(8,46)47/h9-14,19-20,24,27-31,36,43H,15-18H2,1-8H3,(H-,38,39,44,45)/p+1/t19-,20-,24+,27-,28-,29-,30+,31-/m0/s1. The maximum Gasteiger partial charge on any atom is 0.264 e. The van der Waals surface area contributed by atoms with E-state index in [0.717, 1.165) is 12.7 Å². The van der Waals surface area contributed by atoms with Crippen LogP contribution >= 0.6 is 0 Å². The summed E-state index contributed by atoms with van der Waals surface area (Å²) in [5, 5.41) is 19.7. The topological polar surface area (TPSA) is 188 Å². The molecule has 6 rings (SSSR count). The predicted molar refractivity (Wildman–Crippen MR) is 188 cm³/mol. The van der Waals surface area contributed by atoms with Gasteiger partial charge in [0.2, 0.25) is 20.8 Å². The third-order valence-electron chi connectivity index (χ3n) is 11.1. The number of carbonyl (C=O) groups excluding carboxylic acids is 2. The van der Waals surface area contributed by atoms with Crippen molar-refractivity contribution >= 4 is 27.5 Å². The van der Waals surface area contributed by atoms with E-state index in [1.807, 2.05) is 43.1 Å². The minimum Gasteiger partial charge on any atom is -0.496 e. The van der Waals surface area contributed by atoms with Crippen LogP contribution in [0.15, 0.2) is 41.5 Å². The Bertz CT molecular complexity index is 1780. The van der Waals surface area contributed by atoms with E-state index in [1.54, 1.807) is 29.0 Å². The Kier molecular flexibility index (Phi) is 10.8. The molecule has 50 heavy (non-hydrogen) atoms. The van der Waals surface area contributed by atoms with Crippen molar-refractivity contribution in [3.63, 3.8) is 0 Å². The summed E-state index contributed by atoms with van der Waals surface area (Å²) in [6.45, 7) is 8.54. The number of sulfonamides is 1. The first kappa shape index (κ1) is 37.4. The van der Waals surface area contributed by atoms with E-state index in [4.69, 9.17) is 15.1 Å². The minimum atomic E-state index is -3.80. The van der Waals surface area contributed by atoms with Crippen LogP contribution in [0.5, 0.6) is 5.75 Å². The SMILES string of the molecule is COc1c(CN2O[C@@H](CN=[N+]=N)[C@@H]([C@H](C)O)[C@H]2C(=O)N[C@H]2C[C@H]3C[C@@H]([C@@H]2C)C3(C)C)cccc1-c1cc(C(=O)NS(C)(=O)=O)cc(N(C)C)c1. The molecule has 4 aliphatic rings. The van der Waals surface area contributed by atoms with Gasteiger partial charge in [-0.3, -0.25) is 14.4 Å². The van der Waals surface area contributed by atoms with Crippen molar-refractivity contribution in [2.45, 2.75) is 71.4 Å². The van der Waals surface area contributed by atoms with Crippen molar-refractivity contribution < 1.29 is 32.7 Å². The number of methoxy groups -OCH3 is 1. The number of rotatable bonds is 12. The van der Waals surface area contributed by atoms with E-state index < -0.39 is 40.1 Å². The normalized spacial score (nSPS) is 27.7. The number of carbonyl (C=O) groups is 2. The number of nitrogens with one attached hydrogen (secondary N) is 3. The number of nitrogens with zero attached hydrogens (tertiary/aromatic N) is 4. The van der Waals surface area contributed by atoms with Crippen molar-refractivity contribution in [3.05, 3.63) is 47.5 Å². The average molecular weight is 713 g/mol. The van der Waals surface area contributed by atoms with Gasteiger partial charge < -0.3 is 20.1 Å². The number of hydroxylamine groups is 2. The summed E-state index contributed by atoms with van der Waals surface area (Å²) in [7, 11) is 1.35. The van der Waals surface area contributed by atoms with Crippen LogP contribution in [0.25, 0.3) is 11.1 Å². The maximum absolute atomic E-state index is 14.3. The number of hydrogen-bond acceptors (Lipinski definition) is 11. The second kappa shape index (κ2) is 14.4. The lowest BCUT2D eigenvalue weighted by Crippen LogP contribution is -2.62. The molecule has 0 unspecified atom stereocenters. The summed E-state index contributed by atoms with van der Waals surface area (Å²) >= 11 is 0. The van der Waals surface area contributed by atoms with E-state index in [1.165, 1.54) is 13.5 Å². The summed E-state index contributed by atoms with van der Waals surface area (Å²) in [6.07, 6.45) is 1.34. The Morgan fingerprint density at radius 1 is 1.24 bits per heavy atom. The Morgan fingerprint density at radius 2 is 1.96 bits per heavy atom. The van der Waals surface area contributed by atoms with Gasteiger partial charge in [-0.1, -0.05) is 39.0 Å². The number of aliphatic hydroxyl groups is 1. The molecule has 2 amide bonds. The molecule has 4 N–H and O–H groups in total. The zero-order valence-electron chi connectivity index (χ0n) is 30.0. The molecule has 1 saturated heterocycles. The molecule has 1 aliphatic heterocycles. The largest absolute Gasteiger partial charge is 0.496 e. The van der Waals surface area contributed by atoms with Crippen molar-refractivity contribution in [1.29, 1.82) is 5.53 Å². The number of amides is 2. The number of para-hydroxylation sites is 1. The predicted octanol–water partition coefficient (Wildman–Crippen LogP) is 3.34. The molecule has 2 aromatic rings. The van der Waals surface area contributed by atoms with Crippen LogP contribution < -0.4 is 24.6 Å². The van der Waals surface area contributed by atoms with E-state index in [-0.39, 0.29) is 36.0 Å². The van der Waals surface area contributed by atoms with E-state index >= 15 is 0 Å². The van der Waals surface area contributed by atoms with Crippen LogP contribution in [0, 0.1) is 34.6 Å². The zero-order valence-corrected chi connectivity index (χ0v) is 30.8. The molecular formula is C35H50N7O7S+. The van der Waals surface area contributed by atoms with Crippen molar-refractivity contribution in [2.75, 3.05) is 38.9 Å². The Morgan fingerprint density at radius 3 is 2.54 bits per heavy atom. The molecule has 3 aliphatic carbocycles. The van der Waals surface area contributed by atoms with Crippen LogP contribution in [0.2, 0.25) is 0 Å². The van der Waals surface area contributed by atoms with Gasteiger partial charge in [0.15, 0.2) is 6.54 Å². The molecular weight excluding hydrogens is 662 g/mol. The summed E-state index contributed by atoms with van der Waals surface area (Å²) in [6, 6.07) is 9.69. The average Bonchev–Trinajstić information content (AvgIpc) is 3.41.